The summed E-state index contributed by atoms with van der Waals surface area (Å²) < 4.78 is 57.9. The normalized spacial score (nSPS) is 12.7. The van der Waals surface area contributed by atoms with Crippen molar-refractivity contribution in [2.24, 2.45) is 0 Å². The molecule has 1 fully saturated rings. The van der Waals surface area contributed by atoms with E-state index in [0.717, 1.165) is 5.41 Å². The molecular weight excluding hydrogens is 716 g/mol. The van der Waals surface area contributed by atoms with E-state index in [2.05, 4.69) is 5.32 Å². The zero-order chi connectivity index (χ0) is 38.5. The molecule has 282 valence electrons. The number of anilines is 1. The average Bonchev–Trinajstić information content (AvgIpc) is 3.45. The molecule has 1 N–H and O–H groups in total. The third kappa shape index (κ3) is 11.4. The lowest BCUT2D eigenvalue weighted by molar-refractivity contribution is -0.197. The molecule has 0 unspecified atom stereocenters. The fourth-order valence-electron chi connectivity index (χ4n) is 4.91. The molecule has 0 spiro atoms. The highest BCUT2D eigenvalue weighted by Crippen LogP contribution is 2.35. The van der Waals surface area contributed by atoms with Crippen LogP contribution in [-0.2, 0) is 50.9 Å². The first kappa shape index (κ1) is 39.7. The minimum absolute atomic E-state index is 0.00985. The van der Waals surface area contributed by atoms with E-state index >= 15 is 0 Å². The highest BCUT2D eigenvalue weighted by atomic mass is 32.2. The molecule has 17 heteroatoms. The minimum Gasteiger partial charge on any atom is -0.496 e. The van der Waals surface area contributed by atoms with E-state index in [-0.39, 0.29) is 56.1 Å². The standard InChI is InChI=1S/C36H38N2O14S/c1-46-26-19-29(48-3)27(30(20-26)49-4)16-17-53(44,45)22-24-10-13-28(47-2)31(18-24)51-36(43)50-21-23-8-11-25(12-9-23)37-32(39)6-5-7-35(42)52-38-33(40)14-15-34(38)41/h8-13,16-20H,5-7,14-15,21-22H2,1-4H3,(H,37,39)/b17-16+. The number of sulfone groups is 1. The number of ether oxygens (including phenoxy) is 6. The summed E-state index contributed by atoms with van der Waals surface area (Å²) in [5.41, 5.74) is 1.72. The monoisotopic (exact) mass is 754 g/mol. The van der Waals surface area contributed by atoms with Crippen molar-refractivity contribution in [3.8, 4) is 28.7 Å². The second-order valence-corrected chi connectivity index (χ2v) is 13.2. The Kier molecular flexibility index (Phi) is 13.8. The van der Waals surface area contributed by atoms with Crippen molar-refractivity contribution in [2.45, 2.75) is 44.5 Å². The van der Waals surface area contributed by atoms with Crippen molar-refractivity contribution in [3.63, 3.8) is 0 Å². The van der Waals surface area contributed by atoms with E-state index in [9.17, 15) is 32.4 Å². The van der Waals surface area contributed by atoms with Crippen LogP contribution >= 0.6 is 0 Å². The number of hydroxylamine groups is 2. The number of imide groups is 1. The number of nitrogens with zero attached hydrogens (tertiary/aromatic N) is 1. The first-order valence-electron chi connectivity index (χ1n) is 16.0. The first-order valence-corrected chi connectivity index (χ1v) is 17.7. The maximum Gasteiger partial charge on any atom is 0.514 e. The molecule has 1 aliphatic heterocycles. The number of carbonyl (C=O) groups excluding carboxylic acids is 5. The van der Waals surface area contributed by atoms with Crippen LogP contribution in [-0.4, -0.2) is 71.8 Å². The van der Waals surface area contributed by atoms with Crippen molar-refractivity contribution in [1.82, 2.24) is 5.06 Å². The molecule has 0 atom stereocenters. The number of amides is 3. The van der Waals surface area contributed by atoms with Gasteiger partial charge in [0.1, 0.15) is 23.9 Å². The lowest BCUT2D eigenvalue weighted by Crippen LogP contribution is -2.32. The van der Waals surface area contributed by atoms with E-state index in [1.807, 2.05) is 0 Å². The summed E-state index contributed by atoms with van der Waals surface area (Å²) in [4.78, 5) is 64.6. The number of rotatable bonds is 17. The molecule has 0 saturated carbocycles. The van der Waals surface area contributed by atoms with Crippen LogP contribution in [0.1, 0.15) is 48.8 Å². The second-order valence-electron chi connectivity index (χ2n) is 11.3. The topological polar surface area (TPSA) is 199 Å². The van der Waals surface area contributed by atoms with Crippen LogP contribution in [0.2, 0.25) is 0 Å². The van der Waals surface area contributed by atoms with Gasteiger partial charge < -0.3 is 38.6 Å². The summed E-state index contributed by atoms with van der Waals surface area (Å²) in [6.45, 7) is -0.184. The summed E-state index contributed by atoms with van der Waals surface area (Å²) in [6.07, 6.45) is 0.214. The van der Waals surface area contributed by atoms with E-state index in [0.29, 0.717) is 44.7 Å². The Labute approximate surface area is 305 Å². The second kappa shape index (κ2) is 18.4. The van der Waals surface area contributed by atoms with Gasteiger partial charge in [-0.3, -0.25) is 14.4 Å². The largest absolute Gasteiger partial charge is 0.514 e. The van der Waals surface area contributed by atoms with E-state index in [1.165, 1.54) is 52.7 Å². The van der Waals surface area contributed by atoms with Gasteiger partial charge in [0.15, 0.2) is 21.3 Å². The number of carbonyl (C=O) groups is 5. The van der Waals surface area contributed by atoms with Gasteiger partial charge in [0.25, 0.3) is 11.8 Å². The van der Waals surface area contributed by atoms with Crippen molar-refractivity contribution in [1.29, 1.82) is 0 Å². The number of methoxy groups -OCH3 is 4. The smallest absolute Gasteiger partial charge is 0.496 e. The molecule has 1 heterocycles. The van der Waals surface area contributed by atoms with Gasteiger partial charge in [0.05, 0.1) is 39.8 Å². The van der Waals surface area contributed by atoms with Crippen LogP contribution in [0, 0.1) is 0 Å². The molecule has 0 bridgehead atoms. The quantitative estimate of drug-likeness (QED) is 0.113. The highest BCUT2D eigenvalue weighted by Gasteiger charge is 2.32. The van der Waals surface area contributed by atoms with Gasteiger partial charge in [-0.1, -0.05) is 18.2 Å². The Balaban J connectivity index is 1.27. The Morgan fingerprint density at radius 1 is 0.774 bits per heavy atom. The molecule has 0 aliphatic carbocycles. The molecule has 16 nitrogen and oxygen atoms in total. The Morgan fingerprint density at radius 3 is 2.00 bits per heavy atom. The van der Waals surface area contributed by atoms with Crippen LogP contribution in [0.25, 0.3) is 6.08 Å². The van der Waals surface area contributed by atoms with Gasteiger partial charge >= 0.3 is 12.1 Å². The molecule has 4 rings (SSSR count). The predicted molar refractivity (Wildman–Crippen MR) is 188 cm³/mol. The summed E-state index contributed by atoms with van der Waals surface area (Å²) >= 11 is 0. The Bertz CT molecular complexity index is 1930. The average molecular weight is 755 g/mol. The van der Waals surface area contributed by atoms with Gasteiger partial charge in [-0.05, 0) is 47.9 Å². The number of hydrogen-bond donors (Lipinski definition) is 1. The highest BCUT2D eigenvalue weighted by molar-refractivity contribution is 7.93. The minimum atomic E-state index is -3.84. The van der Waals surface area contributed by atoms with Gasteiger partial charge in [0.2, 0.25) is 5.91 Å². The third-order valence-electron chi connectivity index (χ3n) is 7.56. The predicted octanol–water partition coefficient (Wildman–Crippen LogP) is 4.74. The number of hydrogen-bond acceptors (Lipinski definition) is 14. The summed E-state index contributed by atoms with van der Waals surface area (Å²) in [6, 6.07) is 13.9. The molecule has 53 heavy (non-hydrogen) atoms. The molecular formula is C36H38N2O14S. The maximum absolute atomic E-state index is 13.1. The fraction of sp³-hybridized carbons (Fsp3) is 0.306. The summed E-state index contributed by atoms with van der Waals surface area (Å²) in [5, 5.41) is 4.16. The van der Waals surface area contributed by atoms with Crippen molar-refractivity contribution < 1.29 is 65.6 Å². The van der Waals surface area contributed by atoms with Crippen molar-refractivity contribution in [3.05, 3.63) is 76.7 Å². The van der Waals surface area contributed by atoms with Gasteiger partial charge in [-0.2, -0.15) is 0 Å². The van der Waals surface area contributed by atoms with E-state index in [4.69, 9.17) is 33.3 Å². The van der Waals surface area contributed by atoms with E-state index in [1.54, 1.807) is 36.4 Å². The Morgan fingerprint density at radius 2 is 1.40 bits per heavy atom. The van der Waals surface area contributed by atoms with Gasteiger partial charge in [-0.25, -0.2) is 18.0 Å². The van der Waals surface area contributed by atoms with Crippen molar-refractivity contribution >= 4 is 51.4 Å². The van der Waals surface area contributed by atoms with Crippen LogP contribution in [0.5, 0.6) is 28.7 Å². The molecule has 3 amide bonds. The molecule has 1 saturated heterocycles. The number of benzene rings is 3. The van der Waals surface area contributed by atoms with Crippen LogP contribution in [0.4, 0.5) is 10.5 Å². The summed E-state index contributed by atoms with van der Waals surface area (Å²) in [7, 11) is 1.87. The summed E-state index contributed by atoms with van der Waals surface area (Å²) in [5.74, 6) is -1.50. The molecule has 3 aromatic carbocycles. The van der Waals surface area contributed by atoms with Crippen LogP contribution < -0.4 is 29.0 Å². The number of nitrogens with one attached hydrogen (secondary N) is 1. The molecule has 3 aromatic rings. The van der Waals surface area contributed by atoms with Crippen LogP contribution in [0.15, 0.2) is 60.0 Å². The van der Waals surface area contributed by atoms with Crippen molar-refractivity contribution in [2.75, 3.05) is 33.8 Å². The van der Waals surface area contributed by atoms with Gasteiger partial charge in [0, 0.05) is 48.9 Å². The zero-order valence-corrected chi connectivity index (χ0v) is 30.2. The molecule has 0 radical (unpaired) electrons. The lowest BCUT2D eigenvalue weighted by atomic mass is 10.1. The zero-order valence-electron chi connectivity index (χ0n) is 29.4. The maximum atomic E-state index is 13.1. The SMILES string of the molecule is COc1cc(OC)c(/C=C/S(=O)(=O)Cc2ccc(OC)c(OC(=O)OCc3ccc(NC(=O)CCCC(=O)ON4C(=O)CCC4=O)cc3)c2)c(OC)c1. The van der Waals surface area contributed by atoms with Crippen LogP contribution in [0.3, 0.4) is 0 Å². The molecule has 1 aliphatic rings. The first-order chi connectivity index (χ1) is 25.3. The lowest BCUT2D eigenvalue weighted by Gasteiger charge is -2.13. The van der Waals surface area contributed by atoms with E-state index < -0.39 is 39.5 Å². The van der Waals surface area contributed by atoms with Gasteiger partial charge in [-0.15, -0.1) is 5.06 Å². The fourth-order valence-corrected chi connectivity index (χ4v) is 5.99. The molecule has 0 aromatic heterocycles. The third-order valence-corrected chi connectivity index (χ3v) is 8.85. The Hall–Kier alpha value is -6.10.